The number of imide groups is 1. The van der Waals surface area contributed by atoms with Gasteiger partial charge in [-0.05, 0) is 24.3 Å². The summed E-state index contributed by atoms with van der Waals surface area (Å²) in [6.45, 7) is 2.17. The van der Waals surface area contributed by atoms with Gasteiger partial charge in [-0.25, -0.2) is 0 Å². The van der Waals surface area contributed by atoms with Gasteiger partial charge in [-0.3, -0.25) is 24.1 Å². The van der Waals surface area contributed by atoms with Crippen LogP contribution in [0.15, 0.2) is 17.5 Å². The van der Waals surface area contributed by atoms with E-state index in [1.807, 2.05) is 17.5 Å². The van der Waals surface area contributed by atoms with Gasteiger partial charge >= 0.3 is 0 Å². The SMILES string of the molecule is O=C(CCN1C(=O)[C@H]2CCCC[C@H]2C1=O)N1CCN(C(=O)c2cccs2)CC1. The molecule has 8 heteroatoms. The van der Waals surface area contributed by atoms with Crippen LogP contribution >= 0.6 is 11.3 Å². The molecule has 2 saturated heterocycles. The summed E-state index contributed by atoms with van der Waals surface area (Å²) in [5, 5.41) is 1.88. The Balaban J connectivity index is 1.26. The van der Waals surface area contributed by atoms with Crippen molar-refractivity contribution in [2.45, 2.75) is 32.1 Å². The number of nitrogens with zero attached hydrogens (tertiary/aromatic N) is 3. The molecule has 0 spiro atoms. The van der Waals surface area contributed by atoms with E-state index in [2.05, 4.69) is 0 Å². The minimum atomic E-state index is -0.164. The van der Waals surface area contributed by atoms with Gasteiger partial charge in [-0.2, -0.15) is 0 Å². The molecule has 1 saturated carbocycles. The van der Waals surface area contributed by atoms with E-state index in [-0.39, 0.29) is 48.4 Å². The van der Waals surface area contributed by atoms with Crippen molar-refractivity contribution in [3.63, 3.8) is 0 Å². The first-order valence-electron chi connectivity index (χ1n) is 10.0. The zero-order valence-corrected chi connectivity index (χ0v) is 16.7. The number of carbonyl (C=O) groups is 4. The Kier molecular flexibility index (Phi) is 5.48. The summed E-state index contributed by atoms with van der Waals surface area (Å²) in [6.07, 6.45) is 3.75. The Bertz CT molecular complexity index is 746. The van der Waals surface area contributed by atoms with Gasteiger partial charge in [0.15, 0.2) is 0 Å². The van der Waals surface area contributed by atoms with Crippen LogP contribution in [0.2, 0.25) is 0 Å². The molecule has 3 heterocycles. The number of rotatable bonds is 4. The third kappa shape index (κ3) is 3.57. The van der Waals surface area contributed by atoms with Crippen LogP contribution in [0.5, 0.6) is 0 Å². The minimum Gasteiger partial charge on any atom is -0.339 e. The van der Waals surface area contributed by atoms with E-state index in [9.17, 15) is 19.2 Å². The normalized spacial score (nSPS) is 25.2. The molecule has 1 aromatic heterocycles. The molecule has 3 aliphatic rings. The first-order chi connectivity index (χ1) is 13.6. The number of carbonyl (C=O) groups excluding carboxylic acids is 4. The van der Waals surface area contributed by atoms with Crippen molar-refractivity contribution >= 4 is 35.0 Å². The molecule has 0 aromatic carbocycles. The Morgan fingerprint density at radius 1 is 0.964 bits per heavy atom. The summed E-state index contributed by atoms with van der Waals surface area (Å²) in [7, 11) is 0. The van der Waals surface area contributed by atoms with E-state index in [1.54, 1.807) is 9.80 Å². The third-order valence-corrected chi connectivity index (χ3v) is 6.99. The van der Waals surface area contributed by atoms with Crippen molar-refractivity contribution in [1.82, 2.24) is 14.7 Å². The summed E-state index contributed by atoms with van der Waals surface area (Å²) in [5.74, 6) is -0.550. The largest absolute Gasteiger partial charge is 0.339 e. The molecule has 2 aliphatic heterocycles. The first-order valence-corrected chi connectivity index (χ1v) is 10.9. The molecule has 4 amide bonds. The second-order valence-electron chi connectivity index (χ2n) is 7.73. The van der Waals surface area contributed by atoms with Crippen molar-refractivity contribution < 1.29 is 19.2 Å². The molecule has 0 unspecified atom stereocenters. The van der Waals surface area contributed by atoms with Gasteiger partial charge in [0.25, 0.3) is 5.91 Å². The van der Waals surface area contributed by atoms with Crippen LogP contribution in [0, 0.1) is 11.8 Å². The van der Waals surface area contributed by atoms with Crippen LogP contribution in [0.4, 0.5) is 0 Å². The Morgan fingerprint density at radius 2 is 1.57 bits per heavy atom. The van der Waals surface area contributed by atoms with Crippen LogP contribution in [-0.2, 0) is 14.4 Å². The maximum Gasteiger partial charge on any atom is 0.264 e. The molecule has 3 fully saturated rings. The van der Waals surface area contributed by atoms with E-state index in [4.69, 9.17) is 0 Å². The quantitative estimate of drug-likeness (QED) is 0.716. The fraction of sp³-hybridized carbons (Fsp3) is 0.600. The molecule has 28 heavy (non-hydrogen) atoms. The fourth-order valence-electron chi connectivity index (χ4n) is 4.53. The highest BCUT2D eigenvalue weighted by Crippen LogP contribution is 2.38. The molecule has 1 aromatic rings. The van der Waals surface area contributed by atoms with E-state index in [0.29, 0.717) is 31.1 Å². The summed E-state index contributed by atoms with van der Waals surface area (Å²) in [5.41, 5.74) is 0. The lowest BCUT2D eigenvalue weighted by Crippen LogP contribution is -2.51. The average molecular weight is 404 g/mol. The van der Waals surface area contributed by atoms with Gasteiger partial charge in [0.05, 0.1) is 16.7 Å². The summed E-state index contributed by atoms with van der Waals surface area (Å²) < 4.78 is 0. The third-order valence-electron chi connectivity index (χ3n) is 6.13. The number of hydrogen-bond donors (Lipinski definition) is 0. The minimum absolute atomic E-state index is 0.0120. The lowest BCUT2D eigenvalue weighted by molar-refractivity contribution is -0.141. The molecule has 4 rings (SSSR count). The van der Waals surface area contributed by atoms with Gasteiger partial charge < -0.3 is 9.80 Å². The Labute approximate surface area is 168 Å². The van der Waals surface area contributed by atoms with Crippen molar-refractivity contribution in [3.05, 3.63) is 22.4 Å². The smallest absolute Gasteiger partial charge is 0.264 e. The lowest BCUT2D eigenvalue weighted by Gasteiger charge is -2.34. The summed E-state index contributed by atoms with van der Waals surface area (Å²) >= 11 is 1.42. The van der Waals surface area contributed by atoms with Crippen molar-refractivity contribution in [3.8, 4) is 0 Å². The van der Waals surface area contributed by atoms with Gasteiger partial charge in [0.2, 0.25) is 17.7 Å². The molecule has 0 N–H and O–H groups in total. The zero-order chi connectivity index (χ0) is 19.7. The molecular weight excluding hydrogens is 378 g/mol. The van der Waals surface area contributed by atoms with E-state index in [1.165, 1.54) is 16.2 Å². The number of thiophene rings is 1. The number of piperazine rings is 1. The number of amides is 4. The van der Waals surface area contributed by atoms with E-state index >= 15 is 0 Å². The van der Waals surface area contributed by atoms with E-state index < -0.39 is 0 Å². The van der Waals surface area contributed by atoms with Crippen molar-refractivity contribution in [2.75, 3.05) is 32.7 Å². The predicted molar refractivity (Wildman–Crippen MR) is 104 cm³/mol. The Hall–Kier alpha value is -2.22. The lowest BCUT2D eigenvalue weighted by atomic mass is 9.81. The van der Waals surface area contributed by atoms with Crippen LogP contribution in [0.3, 0.4) is 0 Å². The molecule has 150 valence electrons. The number of fused-ring (bicyclic) bond motifs is 1. The summed E-state index contributed by atoms with van der Waals surface area (Å²) in [6, 6.07) is 3.67. The van der Waals surface area contributed by atoms with E-state index in [0.717, 1.165) is 25.7 Å². The van der Waals surface area contributed by atoms with Crippen molar-refractivity contribution in [2.24, 2.45) is 11.8 Å². The first kappa shape index (κ1) is 19.1. The average Bonchev–Trinajstić information content (AvgIpc) is 3.35. The monoisotopic (exact) mass is 403 g/mol. The molecular formula is C20H25N3O4S. The van der Waals surface area contributed by atoms with Crippen LogP contribution < -0.4 is 0 Å². The highest BCUT2D eigenvalue weighted by molar-refractivity contribution is 7.12. The molecule has 0 radical (unpaired) electrons. The maximum atomic E-state index is 12.6. The topological polar surface area (TPSA) is 78.0 Å². The zero-order valence-electron chi connectivity index (χ0n) is 15.8. The van der Waals surface area contributed by atoms with Crippen LogP contribution in [0.1, 0.15) is 41.8 Å². The standard InChI is InChI=1S/C20H25N3O4S/c24-17(7-8-23-18(25)14-4-1-2-5-15(14)19(23)26)21-9-11-22(12-10-21)20(27)16-6-3-13-28-16/h3,6,13-15H,1-2,4-5,7-12H2/t14-,15+. The molecule has 0 bridgehead atoms. The van der Waals surface area contributed by atoms with Gasteiger partial charge in [0.1, 0.15) is 0 Å². The highest BCUT2D eigenvalue weighted by atomic mass is 32.1. The van der Waals surface area contributed by atoms with Crippen molar-refractivity contribution in [1.29, 1.82) is 0 Å². The molecule has 7 nitrogen and oxygen atoms in total. The second-order valence-corrected chi connectivity index (χ2v) is 8.67. The molecule has 1 aliphatic carbocycles. The Morgan fingerprint density at radius 3 is 2.14 bits per heavy atom. The molecule has 2 atom stereocenters. The van der Waals surface area contributed by atoms with Crippen LogP contribution in [0.25, 0.3) is 0 Å². The number of hydrogen-bond acceptors (Lipinski definition) is 5. The fourth-order valence-corrected chi connectivity index (χ4v) is 5.22. The second kappa shape index (κ2) is 8.03. The van der Waals surface area contributed by atoms with Gasteiger partial charge in [-0.1, -0.05) is 18.9 Å². The highest BCUT2D eigenvalue weighted by Gasteiger charge is 2.47. The number of likely N-dealkylation sites (tertiary alicyclic amines) is 1. The predicted octanol–water partition coefficient (Wildman–Crippen LogP) is 1.60. The van der Waals surface area contributed by atoms with Crippen LogP contribution in [-0.4, -0.2) is 71.1 Å². The summed E-state index contributed by atoms with van der Waals surface area (Å²) in [4.78, 5) is 55.5. The van der Waals surface area contributed by atoms with Gasteiger partial charge in [0, 0.05) is 39.1 Å². The van der Waals surface area contributed by atoms with Gasteiger partial charge in [-0.15, -0.1) is 11.3 Å². The maximum absolute atomic E-state index is 12.6.